The Morgan fingerprint density at radius 2 is 1.71 bits per heavy atom. The molecule has 0 radical (unpaired) electrons. The molecule has 5 atom stereocenters. The van der Waals surface area contributed by atoms with Crippen LogP contribution in [0.1, 0.15) is 13.8 Å². The molecule has 1 saturated heterocycles. The van der Waals surface area contributed by atoms with Crippen molar-refractivity contribution in [1.29, 1.82) is 0 Å². The van der Waals surface area contributed by atoms with E-state index in [0.29, 0.717) is 0 Å². The first kappa shape index (κ1) is 18.1. The summed E-state index contributed by atoms with van der Waals surface area (Å²) in [5.74, 6) is -1.89. The zero-order valence-corrected chi connectivity index (χ0v) is 13.6. The molecule has 1 spiro atoms. The number of nitrogens with zero attached hydrogens (tertiary/aromatic N) is 3. The number of rotatable bonds is 6. The van der Waals surface area contributed by atoms with E-state index in [1.54, 1.807) is 0 Å². The number of primary amides is 2. The molecule has 24 heavy (non-hydrogen) atoms. The standard InChI is InChI=1S/C14H23N5O5/c1-7(20)9(11(15)22)18-4-14(3-17-6-18)5-19(13(14)24)10(8(2)21)12(16)23/h6-10,20-21H,3-5H2,1-2H3,(H2,15,22)(H2,16,23)/t7-,8+,9+,10-,14?/m0/s1. The van der Waals surface area contributed by atoms with Crippen LogP contribution in [-0.4, -0.2) is 88.0 Å². The SMILES string of the molecule is C[C@H](O)[C@H](C(N)=O)N1C=NCC2(C1)CN([C@H](C(N)=O)[C@@H](C)O)C2=O. The Kier molecular flexibility index (Phi) is 4.81. The molecule has 2 aliphatic heterocycles. The molecule has 2 aliphatic rings. The summed E-state index contributed by atoms with van der Waals surface area (Å²) in [7, 11) is 0. The predicted molar refractivity (Wildman–Crippen MR) is 83.5 cm³/mol. The highest BCUT2D eigenvalue weighted by molar-refractivity contribution is 5.95. The largest absolute Gasteiger partial charge is 0.391 e. The van der Waals surface area contributed by atoms with Gasteiger partial charge in [0.25, 0.3) is 0 Å². The molecule has 10 nitrogen and oxygen atoms in total. The highest BCUT2D eigenvalue weighted by Crippen LogP contribution is 2.37. The molecule has 3 amide bonds. The highest BCUT2D eigenvalue weighted by atomic mass is 16.3. The van der Waals surface area contributed by atoms with Crippen LogP contribution >= 0.6 is 0 Å². The molecular weight excluding hydrogens is 318 g/mol. The normalized spacial score (nSPS) is 28.2. The van der Waals surface area contributed by atoms with Crippen LogP contribution in [0.2, 0.25) is 0 Å². The lowest BCUT2D eigenvalue weighted by Gasteiger charge is -2.54. The number of aliphatic hydroxyl groups excluding tert-OH is 2. The fourth-order valence-corrected chi connectivity index (χ4v) is 3.40. The summed E-state index contributed by atoms with van der Waals surface area (Å²) in [5.41, 5.74) is 9.65. The van der Waals surface area contributed by atoms with Crippen molar-refractivity contribution in [3.63, 3.8) is 0 Å². The maximum atomic E-state index is 12.6. The van der Waals surface area contributed by atoms with Crippen LogP contribution < -0.4 is 11.5 Å². The van der Waals surface area contributed by atoms with Crippen LogP contribution in [0.25, 0.3) is 0 Å². The Balaban J connectivity index is 2.17. The summed E-state index contributed by atoms with van der Waals surface area (Å²) in [6, 6.07) is -2.11. The number of β-lactam (4-membered cyclic amide) rings is 1. The molecule has 0 aromatic carbocycles. The van der Waals surface area contributed by atoms with Gasteiger partial charge in [-0.25, -0.2) is 0 Å². The Morgan fingerprint density at radius 1 is 1.17 bits per heavy atom. The van der Waals surface area contributed by atoms with Crippen molar-refractivity contribution in [3.8, 4) is 0 Å². The number of carbonyl (C=O) groups is 3. The molecule has 134 valence electrons. The molecule has 0 aliphatic carbocycles. The minimum Gasteiger partial charge on any atom is -0.391 e. The van der Waals surface area contributed by atoms with Gasteiger partial charge in [-0.1, -0.05) is 0 Å². The number of hydrogen-bond acceptors (Lipinski definition) is 7. The van der Waals surface area contributed by atoms with Crippen molar-refractivity contribution in [2.45, 2.75) is 38.1 Å². The summed E-state index contributed by atoms with van der Waals surface area (Å²) >= 11 is 0. The van der Waals surface area contributed by atoms with Crippen molar-refractivity contribution >= 4 is 24.1 Å². The van der Waals surface area contributed by atoms with E-state index in [1.807, 2.05) is 0 Å². The minimum atomic E-state index is -1.11. The predicted octanol–water partition coefficient (Wildman–Crippen LogP) is -3.37. The van der Waals surface area contributed by atoms with Gasteiger partial charge in [-0.05, 0) is 13.8 Å². The average Bonchev–Trinajstić information content (AvgIpc) is 2.45. The fraction of sp³-hybridized carbons (Fsp3) is 0.714. The lowest BCUT2D eigenvalue weighted by Crippen LogP contribution is -2.74. The molecule has 0 bridgehead atoms. The average molecular weight is 341 g/mol. The van der Waals surface area contributed by atoms with E-state index in [4.69, 9.17) is 11.5 Å². The lowest BCUT2D eigenvalue weighted by atomic mass is 9.75. The number of nitrogens with two attached hydrogens (primary N) is 2. The molecule has 0 aromatic heterocycles. The van der Waals surface area contributed by atoms with Crippen molar-refractivity contribution in [2.24, 2.45) is 21.9 Å². The second-order valence-corrected chi connectivity index (χ2v) is 6.52. The van der Waals surface area contributed by atoms with Gasteiger partial charge >= 0.3 is 0 Å². The molecule has 2 rings (SSSR count). The molecule has 0 saturated carbocycles. The van der Waals surface area contributed by atoms with Crippen molar-refractivity contribution in [3.05, 3.63) is 0 Å². The highest BCUT2D eigenvalue weighted by Gasteiger charge is 2.58. The van der Waals surface area contributed by atoms with Crippen molar-refractivity contribution in [1.82, 2.24) is 9.80 Å². The Labute approximate surface area is 139 Å². The fourth-order valence-electron chi connectivity index (χ4n) is 3.40. The van der Waals surface area contributed by atoms with E-state index >= 15 is 0 Å². The molecule has 10 heteroatoms. The third-order valence-corrected chi connectivity index (χ3v) is 4.49. The second kappa shape index (κ2) is 6.36. The number of hydrogen-bond donors (Lipinski definition) is 4. The molecule has 1 fully saturated rings. The van der Waals surface area contributed by atoms with Gasteiger partial charge in [-0.15, -0.1) is 0 Å². The van der Waals surface area contributed by atoms with E-state index < -0.39 is 41.5 Å². The number of likely N-dealkylation sites (tertiary alicyclic amines) is 1. The molecular formula is C14H23N5O5. The maximum absolute atomic E-state index is 12.6. The number of carbonyl (C=O) groups excluding carboxylic acids is 3. The van der Waals surface area contributed by atoms with Crippen LogP contribution in [0.5, 0.6) is 0 Å². The first-order valence-electron chi connectivity index (χ1n) is 7.62. The van der Waals surface area contributed by atoms with Crippen LogP contribution in [0.4, 0.5) is 0 Å². The Morgan fingerprint density at radius 3 is 2.12 bits per heavy atom. The molecule has 2 heterocycles. The number of aliphatic imine (C=N–C) groups is 1. The zero-order chi connectivity index (χ0) is 18.2. The third kappa shape index (κ3) is 2.94. The van der Waals surface area contributed by atoms with Crippen LogP contribution in [0.3, 0.4) is 0 Å². The summed E-state index contributed by atoms with van der Waals surface area (Å²) in [6.07, 6.45) is -0.738. The summed E-state index contributed by atoms with van der Waals surface area (Å²) < 4.78 is 0. The number of amides is 3. The van der Waals surface area contributed by atoms with Gasteiger partial charge < -0.3 is 31.5 Å². The van der Waals surface area contributed by atoms with Gasteiger partial charge in [0.2, 0.25) is 17.7 Å². The van der Waals surface area contributed by atoms with E-state index in [9.17, 15) is 24.6 Å². The van der Waals surface area contributed by atoms with Gasteiger partial charge in [0.05, 0.1) is 25.1 Å². The lowest BCUT2D eigenvalue weighted by molar-refractivity contribution is -0.173. The first-order chi connectivity index (χ1) is 11.1. The molecule has 1 unspecified atom stereocenters. The van der Waals surface area contributed by atoms with Gasteiger partial charge in [0, 0.05) is 13.1 Å². The summed E-state index contributed by atoms with van der Waals surface area (Å²) in [5, 5.41) is 19.4. The maximum Gasteiger partial charge on any atom is 0.242 e. The van der Waals surface area contributed by atoms with Crippen LogP contribution in [-0.2, 0) is 14.4 Å². The van der Waals surface area contributed by atoms with Crippen LogP contribution in [0.15, 0.2) is 4.99 Å². The van der Waals surface area contributed by atoms with Gasteiger partial charge in [-0.2, -0.15) is 0 Å². The second-order valence-electron chi connectivity index (χ2n) is 6.52. The quantitative estimate of drug-likeness (QED) is 0.368. The van der Waals surface area contributed by atoms with E-state index in [0.717, 1.165) is 0 Å². The van der Waals surface area contributed by atoms with Crippen LogP contribution in [0, 0.1) is 5.41 Å². The first-order valence-corrected chi connectivity index (χ1v) is 7.62. The summed E-state index contributed by atoms with van der Waals surface area (Å²) in [4.78, 5) is 42.4. The Bertz CT molecular complexity index is 578. The zero-order valence-electron chi connectivity index (χ0n) is 13.6. The minimum absolute atomic E-state index is 0.135. The van der Waals surface area contributed by atoms with E-state index in [-0.39, 0.29) is 25.5 Å². The number of aliphatic hydroxyl groups is 2. The Hall–Kier alpha value is -2.20. The topological polar surface area (TPSA) is 163 Å². The molecule has 0 aromatic rings. The van der Waals surface area contributed by atoms with E-state index in [1.165, 1.54) is 30.0 Å². The molecule has 6 N–H and O–H groups in total. The van der Waals surface area contributed by atoms with Crippen molar-refractivity contribution in [2.75, 3.05) is 19.6 Å². The smallest absolute Gasteiger partial charge is 0.242 e. The van der Waals surface area contributed by atoms with Gasteiger partial charge in [0.1, 0.15) is 17.5 Å². The third-order valence-electron chi connectivity index (χ3n) is 4.49. The van der Waals surface area contributed by atoms with Crippen molar-refractivity contribution < 1.29 is 24.6 Å². The monoisotopic (exact) mass is 341 g/mol. The van der Waals surface area contributed by atoms with Gasteiger partial charge in [0.15, 0.2) is 0 Å². The van der Waals surface area contributed by atoms with Gasteiger partial charge in [-0.3, -0.25) is 19.4 Å². The summed E-state index contributed by atoms with van der Waals surface area (Å²) in [6.45, 7) is 3.31. The van der Waals surface area contributed by atoms with E-state index in [2.05, 4.69) is 4.99 Å².